The van der Waals surface area contributed by atoms with E-state index in [1.807, 2.05) is 12.0 Å². The van der Waals surface area contributed by atoms with Crippen LogP contribution in [0, 0.1) is 11.2 Å². The molecule has 10 heteroatoms. The zero-order chi connectivity index (χ0) is 19.8. The molecule has 1 aromatic carbocycles. The van der Waals surface area contributed by atoms with Crippen LogP contribution in [0.3, 0.4) is 0 Å². The van der Waals surface area contributed by atoms with Gasteiger partial charge in [-0.3, -0.25) is 0 Å². The zero-order valence-electron chi connectivity index (χ0n) is 14.8. The quantitative estimate of drug-likeness (QED) is 0.700. The summed E-state index contributed by atoms with van der Waals surface area (Å²) in [4.78, 5) is 11.1. The molecule has 1 aliphatic heterocycles. The summed E-state index contributed by atoms with van der Waals surface area (Å²) in [6, 6.07) is 1.41. The molecule has 0 spiro atoms. The minimum absolute atomic E-state index is 0.0657. The highest BCUT2D eigenvalue weighted by atomic mass is 19.4. The van der Waals surface area contributed by atoms with E-state index in [9.17, 15) is 22.4 Å². The molecule has 1 fully saturated rings. The number of rotatable bonds is 4. The molecule has 2 heterocycles. The molecule has 0 radical (unpaired) electrons. The van der Waals surface area contributed by atoms with Crippen molar-refractivity contribution in [1.82, 2.24) is 15.5 Å². The Bertz CT molecular complexity index is 869. The highest BCUT2D eigenvalue weighted by Gasteiger charge is 2.40. The maximum Gasteiger partial charge on any atom is 0.434 e. The first kappa shape index (κ1) is 19.4. The topological polar surface area (TPSA) is 83.0 Å². The Kier molecular flexibility index (Phi) is 5.02. The van der Waals surface area contributed by atoms with Crippen molar-refractivity contribution in [2.24, 2.45) is 5.41 Å². The highest BCUT2D eigenvalue weighted by molar-refractivity contribution is 5.66. The fraction of sp³-hybridized carbons (Fsp3) is 0.529. The molecule has 2 aromatic rings. The van der Waals surface area contributed by atoms with Crippen LogP contribution < -0.4 is 16.4 Å². The minimum Gasteiger partial charge on any atom is -0.388 e. The lowest BCUT2D eigenvalue weighted by molar-refractivity contribution is -0.139. The largest absolute Gasteiger partial charge is 0.434 e. The number of aromatic amines is 1. The standard InChI is InChI=1S/C17H20F4N4O2/c1-9(16(2)3-5-22-6-4-16)23-12-8-10(14-24-25-15(26)27-14)7-11(18)13(12)17(19,20)21/h7-9,22-23H,3-6H2,1-2H3,(H,25,26). The molecule has 0 aliphatic carbocycles. The summed E-state index contributed by atoms with van der Waals surface area (Å²) in [5, 5.41) is 11.6. The summed E-state index contributed by atoms with van der Waals surface area (Å²) >= 11 is 0. The van der Waals surface area contributed by atoms with Crippen molar-refractivity contribution in [2.45, 2.75) is 38.9 Å². The molecular weight excluding hydrogens is 368 g/mol. The maximum atomic E-state index is 14.4. The summed E-state index contributed by atoms with van der Waals surface area (Å²) in [7, 11) is 0. The number of hydrogen-bond acceptors (Lipinski definition) is 5. The van der Waals surface area contributed by atoms with Crippen LogP contribution in [0.4, 0.5) is 23.2 Å². The molecule has 27 heavy (non-hydrogen) atoms. The summed E-state index contributed by atoms with van der Waals surface area (Å²) in [6.07, 6.45) is -3.33. The fourth-order valence-electron chi connectivity index (χ4n) is 3.32. The molecule has 0 amide bonds. The fourth-order valence-corrected chi connectivity index (χ4v) is 3.32. The van der Waals surface area contributed by atoms with Gasteiger partial charge >= 0.3 is 11.9 Å². The van der Waals surface area contributed by atoms with Gasteiger partial charge in [0.2, 0.25) is 5.89 Å². The first-order valence-electron chi connectivity index (χ1n) is 8.54. The lowest BCUT2D eigenvalue weighted by Crippen LogP contribution is -2.44. The van der Waals surface area contributed by atoms with Gasteiger partial charge in [0.15, 0.2) is 0 Å². The number of hydrogen-bond donors (Lipinski definition) is 3. The molecule has 148 valence electrons. The average molecular weight is 388 g/mol. The highest BCUT2D eigenvalue weighted by Crippen LogP contribution is 2.41. The number of piperidine rings is 1. The van der Waals surface area contributed by atoms with Crippen LogP contribution >= 0.6 is 0 Å². The molecular formula is C17H20F4N4O2. The van der Waals surface area contributed by atoms with Crippen molar-refractivity contribution in [1.29, 1.82) is 0 Å². The molecule has 6 nitrogen and oxygen atoms in total. The number of nitrogens with zero attached hydrogens (tertiary/aromatic N) is 1. The molecule has 1 saturated heterocycles. The van der Waals surface area contributed by atoms with Gasteiger partial charge in [0.1, 0.15) is 11.4 Å². The minimum atomic E-state index is -4.88. The van der Waals surface area contributed by atoms with Crippen molar-refractivity contribution in [3.05, 3.63) is 34.1 Å². The van der Waals surface area contributed by atoms with Crippen LogP contribution in [0.15, 0.2) is 21.3 Å². The van der Waals surface area contributed by atoms with E-state index in [0.717, 1.165) is 32.0 Å². The van der Waals surface area contributed by atoms with E-state index in [4.69, 9.17) is 4.42 Å². The molecule has 1 aliphatic rings. The number of nitrogens with one attached hydrogen (secondary N) is 3. The van der Waals surface area contributed by atoms with Crippen molar-refractivity contribution in [3.8, 4) is 11.5 Å². The predicted octanol–water partition coefficient (Wildman–Crippen LogP) is 3.38. The lowest BCUT2D eigenvalue weighted by Gasteiger charge is -2.40. The van der Waals surface area contributed by atoms with E-state index in [1.54, 1.807) is 6.92 Å². The van der Waals surface area contributed by atoms with Gasteiger partial charge in [0.05, 0.1) is 5.69 Å². The smallest absolute Gasteiger partial charge is 0.388 e. The second-order valence-corrected chi connectivity index (χ2v) is 7.07. The first-order chi connectivity index (χ1) is 12.6. The monoisotopic (exact) mass is 388 g/mol. The third-order valence-electron chi connectivity index (χ3n) is 5.22. The number of anilines is 1. The van der Waals surface area contributed by atoms with Gasteiger partial charge in [0, 0.05) is 11.6 Å². The Labute approximate surface area is 152 Å². The van der Waals surface area contributed by atoms with E-state index in [1.165, 1.54) is 0 Å². The Morgan fingerprint density at radius 3 is 2.52 bits per heavy atom. The Hall–Kier alpha value is -2.36. The van der Waals surface area contributed by atoms with Crippen molar-refractivity contribution in [3.63, 3.8) is 0 Å². The Morgan fingerprint density at radius 1 is 1.30 bits per heavy atom. The van der Waals surface area contributed by atoms with Gasteiger partial charge in [-0.25, -0.2) is 14.3 Å². The maximum absolute atomic E-state index is 14.4. The van der Waals surface area contributed by atoms with Gasteiger partial charge in [-0.1, -0.05) is 6.92 Å². The third-order valence-corrected chi connectivity index (χ3v) is 5.22. The molecule has 0 bridgehead atoms. The SMILES string of the molecule is CC(Nc1cc(-c2n[nH]c(=O)o2)cc(F)c1C(F)(F)F)C1(C)CCNCC1. The normalized spacial score (nSPS) is 18.3. The molecule has 0 saturated carbocycles. The summed E-state index contributed by atoms with van der Waals surface area (Å²) < 4.78 is 59.5. The number of halogens is 4. The summed E-state index contributed by atoms with van der Waals surface area (Å²) in [5.74, 6) is -2.62. The van der Waals surface area contributed by atoms with E-state index >= 15 is 0 Å². The van der Waals surface area contributed by atoms with Gasteiger partial charge in [-0.2, -0.15) is 13.2 Å². The van der Waals surface area contributed by atoms with E-state index in [-0.39, 0.29) is 22.9 Å². The lowest BCUT2D eigenvalue weighted by atomic mass is 9.75. The number of H-pyrrole nitrogens is 1. The van der Waals surface area contributed by atoms with Gasteiger partial charge in [0.25, 0.3) is 0 Å². The third kappa shape index (κ3) is 4.00. The van der Waals surface area contributed by atoms with E-state index in [2.05, 4.69) is 15.7 Å². The second-order valence-electron chi connectivity index (χ2n) is 7.07. The Balaban J connectivity index is 2.02. The van der Waals surface area contributed by atoms with Crippen LogP contribution in [0.5, 0.6) is 0 Å². The molecule has 1 unspecified atom stereocenters. The molecule has 3 N–H and O–H groups in total. The molecule has 1 atom stereocenters. The van der Waals surface area contributed by atoms with E-state index in [0.29, 0.717) is 6.07 Å². The van der Waals surface area contributed by atoms with Crippen molar-refractivity contribution < 1.29 is 22.0 Å². The first-order valence-corrected chi connectivity index (χ1v) is 8.54. The number of aromatic nitrogens is 2. The second kappa shape index (κ2) is 6.99. The van der Waals surface area contributed by atoms with Gasteiger partial charge < -0.3 is 15.1 Å². The Morgan fingerprint density at radius 2 is 1.96 bits per heavy atom. The van der Waals surface area contributed by atoms with Crippen LogP contribution in [0.1, 0.15) is 32.3 Å². The predicted molar refractivity (Wildman–Crippen MR) is 90.8 cm³/mol. The molecule has 3 rings (SSSR count). The average Bonchev–Trinajstić information content (AvgIpc) is 3.00. The van der Waals surface area contributed by atoms with Gasteiger partial charge in [-0.05, 0) is 50.4 Å². The number of benzene rings is 1. The number of alkyl halides is 3. The van der Waals surface area contributed by atoms with Crippen molar-refractivity contribution in [2.75, 3.05) is 18.4 Å². The van der Waals surface area contributed by atoms with E-state index < -0.39 is 29.0 Å². The zero-order valence-corrected chi connectivity index (χ0v) is 14.8. The molecule has 1 aromatic heterocycles. The van der Waals surface area contributed by atoms with Gasteiger partial charge in [-0.15, -0.1) is 5.10 Å². The van der Waals surface area contributed by atoms with Crippen LogP contribution in [0.2, 0.25) is 0 Å². The summed E-state index contributed by atoms with van der Waals surface area (Å²) in [5.41, 5.74) is -2.10. The van der Waals surface area contributed by atoms with Crippen LogP contribution in [0.25, 0.3) is 11.5 Å². The van der Waals surface area contributed by atoms with Crippen LogP contribution in [-0.2, 0) is 6.18 Å². The van der Waals surface area contributed by atoms with Crippen LogP contribution in [-0.4, -0.2) is 29.3 Å². The van der Waals surface area contributed by atoms with Crippen molar-refractivity contribution >= 4 is 5.69 Å². The summed E-state index contributed by atoms with van der Waals surface area (Å²) in [6.45, 7) is 5.30.